The van der Waals surface area contributed by atoms with E-state index in [0.717, 1.165) is 0 Å². The molecule has 0 aliphatic carbocycles. The largest absolute Gasteiger partial charge is 0.384 e. The summed E-state index contributed by atoms with van der Waals surface area (Å²) in [7, 11) is 0. The first-order valence-electron chi connectivity index (χ1n) is 5.83. The molecule has 0 atom stereocenters. The van der Waals surface area contributed by atoms with Gasteiger partial charge in [0, 0.05) is 5.69 Å². The molecule has 0 aromatic heterocycles. The summed E-state index contributed by atoms with van der Waals surface area (Å²) in [5.74, 6) is 4.00. The van der Waals surface area contributed by atoms with Crippen molar-refractivity contribution >= 4 is 11.6 Å². The van der Waals surface area contributed by atoms with Crippen LogP contribution in [0.5, 0.6) is 0 Å². The topological polar surface area (TPSA) is 58.6 Å². The van der Waals surface area contributed by atoms with Crippen LogP contribution in [-0.4, -0.2) is 30.3 Å². The molecule has 0 spiro atoms. The summed E-state index contributed by atoms with van der Waals surface area (Å²) in [5, 5.41) is 11.2. The number of anilines is 1. The Balaban J connectivity index is 2.71. The number of amides is 1. The van der Waals surface area contributed by atoms with Gasteiger partial charge in [-0.25, -0.2) is 4.39 Å². The van der Waals surface area contributed by atoms with Gasteiger partial charge in [0.1, 0.15) is 19.0 Å². The quantitative estimate of drug-likeness (QED) is 0.812. The second-order valence-corrected chi connectivity index (χ2v) is 4.06. The molecule has 102 valence electrons. The van der Waals surface area contributed by atoms with Gasteiger partial charge in [-0.3, -0.25) is 4.79 Å². The van der Waals surface area contributed by atoms with Gasteiger partial charge in [0.15, 0.2) is 0 Å². The summed E-state index contributed by atoms with van der Waals surface area (Å²) in [5.41, 5.74) is 0.553. The van der Waals surface area contributed by atoms with Crippen molar-refractivity contribution in [3.63, 3.8) is 0 Å². The Morgan fingerprint density at radius 3 is 2.89 bits per heavy atom. The van der Waals surface area contributed by atoms with Gasteiger partial charge in [0.05, 0.1) is 11.7 Å². The molecule has 0 saturated carbocycles. The first-order chi connectivity index (χ1) is 9.02. The maximum absolute atomic E-state index is 13.4. The number of hydrogen-bond acceptors (Lipinski definition) is 3. The summed E-state index contributed by atoms with van der Waals surface area (Å²) in [6.45, 7) is 3.24. The smallest absolute Gasteiger partial charge is 0.250 e. The van der Waals surface area contributed by atoms with E-state index in [1.54, 1.807) is 0 Å². The predicted molar refractivity (Wildman–Crippen MR) is 70.1 cm³/mol. The van der Waals surface area contributed by atoms with Crippen LogP contribution in [0.4, 0.5) is 10.1 Å². The minimum Gasteiger partial charge on any atom is -0.384 e. The zero-order chi connectivity index (χ0) is 14.3. The number of ether oxygens (including phenoxy) is 1. The highest BCUT2D eigenvalue weighted by Crippen LogP contribution is 2.13. The van der Waals surface area contributed by atoms with Crippen LogP contribution in [0, 0.1) is 17.7 Å². The Labute approximate surface area is 111 Å². The van der Waals surface area contributed by atoms with E-state index in [1.807, 2.05) is 13.8 Å². The summed E-state index contributed by atoms with van der Waals surface area (Å²) < 4.78 is 18.5. The molecule has 19 heavy (non-hydrogen) atoms. The van der Waals surface area contributed by atoms with Crippen LogP contribution in [0.1, 0.15) is 19.4 Å². The molecule has 0 aliphatic heterocycles. The molecule has 0 saturated heterocycles. The predicted octanol–water partition coefficient (Wildman–Crippen LogP) is 1.53. The highest BCUT2D eigenvalue weighted by Gasteiger charge is 2.06. The zero-order valence-electron chi connectivity index (χ0n) is 10.9. The van der Waals surface area contributed by atoms with Gasteiger partial charge in [0.2, 0.25) is 5.91 Å². The van der Waals surface area contributed by atoms with Crippen molar-refractivity contribution in [2.45, 2.75) is 20.0 Å². The Morgan fingerprint density at radius 1 is 1.53 bits per heavy atom. The lowest BCUT2D eigenvalue weighted by Crippen LogP contribution is -2.20. The standard InChI is InChI=1S/C14H16FNO3/c1-10(2)19-9-14(18)16-12-5-6-13(15)11(8-12)4-3-7-17/h5-6,8,10,17H,7,9H2,1-2H3,(H,16,18). The van der Waals surface area contributed by atoms with E-state index in [4.69, 9.17) is 9.84 Å². The van der Waals surface area contributed by atoms with Gasteiger partial charge >= 0.3 is 0 Å². The lowest BCUT2D eigenvalue weighted by molar-refractivity contribution is -0.121. The highest BCUT2D eigenvalue weighted by molar-refractivity contribution is 5.91. The van der Waals surface area contributed by atoms with E-state index in [0.29, 0.717) is 5.69 Å². The molecule has 1 rings (SSSR count). The maximum atomic E-state index is 13.4. The van der Waals surface area contributed by atoms with Gasteiger partial charge in [-0.1, -0.05) is 11.8 Å². The monoisotopic (exact) mass is 265 g/mol. The van der Waals surface area contributed by atoms with E-state index in [1.165, 1.54) is 18.2 Å². The van der Waals surface area contributed by atoms with Crippen LogP contribution in [0.3, 0.4) is 0 Å². The summed E-state index contributed by atoms with van der Waals surface area (Å²) >= 11 is 0. The van der Waals surface area contributed by atoms with Gasteiger partial charge in [0.25, 0.3) is 0 Å². The van der Waals surface area contributed by atoms with E-state index in [2.05, 4.69) is 17.2 Å². The Morgan fingerprint density at radius 2 is 2.26 bits per heavy atom. The van der Waals surface area contributed by atoms with Crippen molar-refractivity contribution in [1.82, 2.24) is 0 Å². The molecular formula is C14H16FNO3. The van der Waals surface area contributed by atoms with Gasteiger partial charge in [-0.05, 0) is 32.0 Å². The third-order valence-electron chi connectivity index (χ3n) is 2.10. The SMILES string of the molecule is CC(C)OCC(=O)Nc1ccc(F)c(C#CCO)c1. The van der Waals surface area contributed by atoms with Crippen LogP contribution < -0.4 is 5.32 Å². The van der Waals surface area contributed by atoms with Gasteiger partial charge in [-0.2, -0.15) is 0 Å². The molecule has 1 aromatic rings. The fraction of sp³-hybridized carbons (Fsp3) is 0.357. The number of halogens is 1. The molecule has 1 amide bonds. The number of carbonyl (C=O) groups excluding carboxylic acids is 1. The van der Waals surface area contributed by atoms with E-state index in [-0.39, 0.29) is 30.8 Å². The Bertz CT molecular complexity index is 503. The Kier molecular flexibility index (Phi) is 6.00. The second-order valence-electron chi connectivity index (χ2n) is 4.06. The first-order valence-corrected chi connectivity index (χ1v) is 5.83. The average molecular weight is 265 g/mol. The minimum absolute atomic E-state index is 0.0371. The van der Waals surface area contributed by atoms with Crippen molar-refractivity contribution in [3.8, 4) is 11.8 Å². The summed E-state index contributed by atoms with van der Waals surface area (Å²) in [4.78, 5) is 11.5. The van der Waals surface area contributed by atoms with Crippen LogP contribution in [-0.2, 0) is 9.53 Å². The number of benzene rings is 1. The summed E-state index contributed by atoms with van der Waals surface area (Å²) in [6.07, 6.45) is -0.0371. The number of nitrogens with one attached hydrogen (secondary N) is 1. The second kappa shape index (κ2) is 7.52. The molecule has 0 radical (unpaired) electrons. The molecule has 0 aliphatic rings. The van der Waals surface area contributed by atoms with Crippen LogP contribution in [0.2, 0.25) is 0 Å². The molecule has 2 N–H and O–H groups in total. The molecule has 0 bridgehead atoms. The Hall–Kier alpha value is -1.90. The van der Waals surface area contributed by atoms with Crippen LogP contribution in [0.15, 0.2) is 18.2 Å². The van der Waals surface area contributed by atoms with E-state index >= 15 is 0 Å². The van der Waals surface area contributed by atoms with E-state index < -0.39 is 5.82 Å². The number of aliphatic hydroxyl groups excluding tert-OH is 1. The minimum atomic E-state index is -0.502. The van der Waals surface area contributed by atoms with Crippen molar-refractivity contribution < 1.29 is 19.0 Å². The highest BCUT2D eigenvalue weighted by atomic mass is 19.1. The van der Waals surface area contributed by atoms with Gasteiger partial charge < -0.3 is 15.2 Å². The molecule has 4 nitrogen and oxygen atoms in total. The fourth-order valence-corrected chi connectivity index (χ4v) is 1.27. The number of hydrogen-bond donors (Lipinski definition) is 2. The lowest BCUT2D eigenvalue weighted by Gasteiger charge is -2.08. The van der Waals surface area contributed by atoms with Crippen molar-refractivity contribution in [2.75, 3.05) is 18.5 Å². The fourth-order valence-electron chi connectivity index (χ4n) is 1.27. The molecule has 0 heterocycles. The van der Waals surface area contributed by atoms with Crippen molar-refractivity contribution in [3.05, 3.63) is 29.6 Å². The molecule has 0 unspecified atom stereocenters. The number of carbonyl (C=O) groups is 1. The van der Waals surface area contributed by atoms with Crippen molar-refractivity contribution in [1.29, 1.82) is 0 Å². The zero-order valence-corrected chi connectivity index (χ0v) is 10.9. The number of rotatable bonds is 4. The van der Waals surface area contributed by atoms with Crippen LogP contribution >= 0.6 is 0 Å². The first kappa shape index (κ1) is 15.2. The summed E-state index contributed by atoms with van der Waals surface area (Å²) in [6, 6.07) is 4.05. The van der Waals surface area contributed by atoms with Gasteiger partial charge in [-0.15, -0.1) is 0 Å². The molecule has 1 aromatic carbocycles. The normalized spacial score (nSPS) is 9.95. The van der Waals surface area contributed by atoms with E-state index in [9.17, 15) is 9.18 Å². The molecule has 5 heteroatoms. The molecular weight excluding hydrogens is 249 g/mol. The third kappa shape index (κ3) is 5.51. The molecule has 0 fully saturated rings. The number of aliphatic hydroxyl groups is 1. The van der Waals surface area contributed by atoms with Crippen LogP contribution in [0.25, 0.3) is 0 Å². The average Bonchev–Trinajstić information content (AvgIpc) is 2.37. The third-order valence-corrected chi connectivity index (χ3v) is 2.10. The van der Waals surface area contributed by atoms with Crippen molar-refractivity contribution in [2.24, 2.45) is 0 Å². The lowest BCUT2D eigenvalue weighted by atomic mass is 10.2. The maximum Gasteiger partial charge on any atom is 0.250 e.